The van der Waals surface area contributed by atoms with E-state index < -0.39 is 0 Å². The summed E-state index contributed by atoms with van der Waals surface area (Å²) < 4.78 is 0. The lowest BCUT2D eigenvalue weighted by molar-refractivity contribution is -0.113. The molecule has 0 atom stereocenters. The quantitative estimate of drug-likeness (QED) is 0.742. The van der Waals surface area contributed by atoms with Gasteiger partial charge in [-0.05, 0) is 31.9 Å². The number of rotatable bonds is 2. The predicted molar refractivity (Wildman–Crippen MR) is 66.0 cm³/mol. The van der Waals surface area contributed by atoms with Crippen LogP contribution in [0.1, 0.15) is 25.0 Å². The molecule has 1 aromatic carbocycles. The van der Waals surface area contributed by atoms with E-state index in [-0.39, 0.29) is 5.78 Å². The van der Waals surface area contributed by atoms with Crippen molar-refractivity contribution in [1.29, 1.82) is 0 Å². The average Bonchev–Trinajstić information content (AvgIpc) is 2.61. The minimum absolute atomic E-state index is 0.128. The van der Waals surface area contributed by atoms with Crippen LogP contribution in [0.4, 0.5) is 0 Å². The Morgan fingerprint density at radius 1 is 1.19 bits per heavy atom. The summed E-state index contributed by atoms with van der Waals surface area (Å²) >= 11 is 0. The van der Waals surface area contributed by atoms with E-state index in [0.29, 0.717) is 6.54 Å². The first-order valence-electron chi connectivity index (χ1n) is 5.42. The Balaban J connectivity index is 2.38. The summed E-state index contributed by atoms with van der Waals surface area (Å²) in [5.41, 5.74) is 5.16. The Morgan fingerprint density at radius 3 is 2.31 bits per heavy atom. The van der Waals surface area contributed by atoms with Crippen molar-refractivity contribution in [2.75, 3.05) is 6.54 Å². The van der Waals surface area contributed by atoms with Crippen LogP contribution in [0.3, 0.4) is 0 Å². The Kier molecular flexibility index (Phi) is 2.73. The maximum Gasteiger partial charge on any atom is 0.158 e. The van der Waals surface area contributed by atoms with Crippen molar-refractivity contribution in [3.05, 3.63) is 46.5 Å². The fourth-order valence-corrected chi connectivity index (χ4v) is 1.93. The van der Waals surface area contributed by atoms with Crippen LogP contribution < -0.4 is 0 Å². The molecule has 1 aliphatic heterocycles. The summed E-state index contributed by atoms with van der Waals surface area (Å²) in [6.45, 7) is 6.17. The second kappa shape index (κ2) is 4.05. The van der Waals surface area contributed by atoms with Gasteiger partial charge >= 0.3 is 0 Å². The highest BCUT2D eigenvalue weighted by Crippen LogP contribution is 2.20. The number of Topliss-reactive ketones (excluding diaryl/α,β-unsaturated/α-hetero) is 1. The lowest BCUT2D eigenvalue weighted by Gasteiger charge is -2.03. The first-order valence-corrected chi connectivity index (χ1v) is 5.42. The van der Waals surface area contributed by atoms with Gasteiger partial charge in [0.2, 0.25) is 0 Å². The monoisotopic (exact) mass is 213 g/mol. The van der Waals surface area contributed by atoms with Gasteiger partial charge in [-0.2, -0.15) is 0 Å². The highest BCUT2D eigenvalue weighted by molar-refractivity contribution is 6.18. The van der Waals surface area contributed by atoms with Gasteiger partial charge in [0.05, 0.1) is 12.3 Å². The standard InChI is InChI=1S/C14H15NO/c1-9-4-6-12(7-5-9)14-10(2)13(8-15-14)11(3)16/h4-7H,8H2,1-3H3. The van der Waals surface area contributed by atoms with E-state index in [2.05, 4.69) is 36.2 Å². The second-order valence-corrected chi connectivity index (χ2v) is 4.19. The van der Waals surface area contributed by atoms with Crippen LogP contribution in [-0.2, 0) is 4.79 Å². The first kappa shape index (κ1) is 10.8. The minimum atomic E-state index is 0.128. The van der Waals surface area contributed by atoms with Gasteiger partial charge in [0.25, 0.3) is 0 Å². The molecule has 2 heteroatoms. The van der Waals surface area contributed by atoms with Crippen molar-refractivity contribution in [2.45, 2.75) is 20.8 Å². The molecule has 1 aromatic rings. The summed E-state index contributed by atoms with van der Waals surface area (Å²) in [5, 5.41) is 0. The largest absolute Gasteiger partial charge is 0.295 e. The van der Waals surface area contributed by atoms with Crippen LogP contribution in [-0.4, -0.2) is 18.0 Å². The van der Waals surface area contributed by atoms with E-state index in [4.69, 9.17) is 0 Å². The molecule has 2 rings (SSSR count). The summed E-state index contributed by atoms with van der Waals surface area (Å²) in [6.07, 6.45) is 0. The van der Waals surface area contributed by atoms with E-state index >= 15 is 0 Å². The number of hydrogen-bond donors (Lipinski definition) is 0. The van der Waals surface area contributed by atoms with Gasteiger partial charge in [-0.25, -0.2) is 0 Å². The number of aryl methyl sites for hydroxylation is 1. The molecule has 0 radical (unpaired) electrons. The van der Waals surface area contributed by atoms with Crippen molar-refractivity contribution in [3.63, 3.8) is 0 Å². The Labute approximate surface area is 95.7 Å². The zero-order valence-corrected chi connectivity index (χ0v) is 9.87. The van der Waals surface area contributed by atoms with Gasteiger partial charge in [0.15, 0.2) is 5.78 Å². The van der Waals surface area contributed by atoms with Crippen molar-refractivity contribution in [3.8, 4) is 0 Å². The van der Waals surface area contributed by atoms with Crippen molar-refractivity contribution >= 4 is 11.5 Å². The van der Waals surface area contributed by atoms with E-state index in [1.807, 2.05) is 6.92 Å². The fourth-order valence-electron chi connectivity index (χ4n) is 1.93. The maximum absolute atomic E-state index is 11.4. The number of carbonyl (C=O) groups excluding carboxylic acids is 1. The Morgan fingerprint density at radius 2 is 1.81 bits per heavy atom. The third-order valence-corrected chi connectivity index (χ3v) is 2.95. The average molecular weight is 213 g/mol. The predicted octanol–water partition coefficient (Wildman–Crippen LogP) is 2.70. The number of benzene rings is 1. The number of allylic oxidation sites excluding steroid dienone is 1. The SMILES string of the molecule is CC(=O)C1=C(C)C(c2ccc(C)cc2)=NC1. The molecule has 2 nitrogen and oxygen atoms in total. The number of hydrogen-bond acceptors (Lipinski definition) is 2. The molecule has 0 unspecified atom stereocenters. The zero-order valence-electron chi connectivity index (χ0n) is 9.87. The zero-order chi connectivity index (χ0) is 11.7. The summed E-state index contributed by atoms with van der Waals surface area (Å²) in [7, 11) is 0. The van der Waals surface area contributed by atoms with E-state index in [0.717, 1.165) is 22.4 Å². The van der Waals surface area contributed by atoms with E-state index in [9.17, 15) is 4.79 Å². The second-order valence-electron chi connectivity index (χ2n) is 4.19. The molecule has 0 N–H and O–H groups in total. The van der Waals surface area contributed by atoms with Gasteiger partial charge in [-0.1, -0.05) is 29.8 Å². The normalized spacial score (nSPS) is 15.3. The van der Waals surface area contributed by atoms with Crippen LogP contribution in [0.25, 0.3) is 0 Å². The molecule has 0 fully saturated rings. The van der Waals surface area contributed by atoms with Crippen LogP contribution >= 0.6 is 0 Å². The molecule has 1 heterocycles. The van der Waals surface area contributed by atoms with Gasteiger partial charge < -0.3 is 0 Å². The van der Waals surface area contributed by atoms with Gasteiger partial charge in [-0.15, -0.1) is 0 Å². The smallest absolute Gasteiger partial charge is 0.158 e. The maximum atomic E-state index is 11.4. The van der Waals surface area contributed by atoms with E-state index in [1.165, 1.54) is 5.56 Å². The third-order valence-electron chi connectivity index (χ3n) is 2.95. The van der Waals surface area contributed by atoms with Gasteiger partial charge in [0.1, 0.15) is 0 Å². The van der Waals surface area contributed by atoms with Crippen molar-refractivity contribution < 1.29 is 4.79 Å². The fraction of sp³-hybridized carbons (Fsp3) is 0.286. The molecular formula is C14H15NO. The molecule has 1 aliphatic rings. The van der Waals surface area contributed by atoms with Crippen LogP contribution in [0.5, 0.6) is 0 Å². The van der Waals surface area contributed by atoms with Crippen LogP contribution in [0.15, 0.2) is 40.4 Å². The third kappa shape index (κ3) is 1.83. The molecule has 0 amide bonds. The summed E-state index contributed by atoms with van der Waals surface area (Å²) in [6, 6.07) is 8.25. The number of ketones is 1. The summed E-state index contributed by atoms with van der Waals surface area (Å²) in [5.74, 6) is 0.128. The number of aliphatic imine (C=N–C) groups is 1. The van der Waals surface area contributed by atoms with Gasteiger partial charge in [0, 0.05) is 5.57 Å². The molecule has 0 spiro atoms. The molecule has 0 aromatic heterocycles. The Hall–Kier alpha value is -1.70. The van der Waals surface area contributed by atoms with Gasteiger partial charge in [-0.3, -0.25) is 9.79 Å². The lowest BCUT2D eigenvalue weighted by Crippen LogP contribution is -2.03. The van der Waals surface area contributed by atoms with Crippen LogP contribution in [0.2, 0.25) is 0 Å². The molecule has 82 valence electrons. The van der Waals surface area contributed by atoms with Crippen LogP contribution in [0, 0.1) is 6.92 Å². The number of carbonyl (C=O) groups is 1. The lowest BCUT2D eigenvalue weighted by atomic mass is 9.99. The molecule has 0 saturated heterocycles. The molecule has 0 saturated carbocycles. The first-order chi connectivity index (χ1) is 7.59. The van der Waals surface area contributed by atoms with Crippen molar-refractivity contribution in [1.82, 2.24) is 0 Å². The van der Waals surface area contributed by atoms with Crippen molar-refractivity contribution in [2.24, 2.45) is 4.99 Å². The number of nitrogens with zero attached hydrogens (tertiary/aromatic N) is 1. The van der Waals surface area contributed by atoms with E-state index in [1.54, 1.807) is 6.92 Å². The highest BCUT2D eigenvalue weighted by atomic mass is 16.1. The highest BCUT2D eigenvalue weighted by Gasteiger charge is 2.19. The molecule has 0 bridgehead atoms. The summed E-state index contributed by atoms with van der Waals surface area (Å²) in [4.78, 5) is 15.8. The topological polar surface area (TPSA) is 29.4 Å². The molecule has 16 heavy (non-hydrogen) atoms. The minimum Gasteiger partial charge on any atom is -0.295 e. The molecular weight excluding hydrogens is 198 g/mol. The molecule has 0 aliphatic carbocycles. The Bertz CT molecular complexity index is 492.